The molecule has 0 radical (unpaired) electrons. The lowest BCUT2D eigenvalue weighted by Gasteiger charge is -2.37. The molecule has 1 spiro atoms. The largest absolute Gasteiger partial charge is 0.317 e. The standard InChI is InChI=1S/C11H21N/c1-2-4-6-11(5-3-1)7-9-12-10-8-11/h12H,1-10H2. The van der Waals surface area contributed by atoms with Gasteiger partial charge in [0.2, 0.25) is 0 Å². The van der Waals surface area contributed by atoms with Crippen LogP contribution < -0.4 is 5.32 Å². The Balaban J connectivity index is 1.95. The molecule has 2 aliphatic rings. The van der Waals surface area contributed by atoms with Crippen molar-refractivity contribution >= 4 is 0 Å². The summed E-state index contributed by atoms with van der Waals surface area (Å²) in [5, 5.41) is 3.48. The van der Waals surface area contributed by atoms with Crippen molar-refractivity contribution in [2.24, 2.45) is 5.41 Å². The van der Waals surface area contributed by atoms with Crippen LogP contribution in [-0.2, 0) is 0 Å². The van der Waals surface area contributed by atoms with E-state index in [1.54, 1.807) is 0 Å². The lowest BCUT2D eigenvalue weighted by Crippen LogP contribution is -2.36. The van der Waals surface area contributed by atoms with E-state index in [9.17, 15) is 0 Å². The molecule has 1 heteroatoms. The highest BCUT2D eigenvalue weighted by molar-refractivity contribution is 4.85. The summed E-state index contributed by atoms with van der Waals surface area (Å²) in [7, 11) is 0. The average molecular weight is 167 g/mol. The summed E-state index contributed by atoms with van der Waals surface area (Å²) < 4.78 is 0. The fourth-order valence-corrected chi connectivity index (χ4v) is 2.94. The quantitative estimate of drug-likeness (QED) is 0.585. The zero-order valence-corrected chi connectivity index (χ0v) is 8.07. The molecule has 1 aliphatic carbocycles. The first-order valence-corrected chi connectivity index (χ1v) is 5.62. The van der Waals surface area contributed by atoms with Crippen LogP contribution in [-0.4, -0.2) is 13.1 Å². The van der Waals surface area contributed by atoms with Crippen molar-refractivity contribution in [1.29, 1.82) is 0 Å². The first-order chi connectivity index (χ1) is 5.91. The van der Waals surface area contributed by atoms with Gasteiger partial charge in [-0.05, 0) is 44.2 Å². The molecule has 0 aromatic carbocycles. The van der Waals surface area contributed by atoms with E-state index in [4.69, 9.17) is 0 Å². The molecule has 1 heterocycles. The minimum atomic E-state index is 0.780. The van der Waals surface area contributed by atoms with E-state index < -0.39 is 0 Å². The number of hydrogen-bond donors (Lipinski definition) is 1. The van der Waals surface area contributed by atoms with Crippen LogP contribution in [0.4, 0.5) is 0 Å². The number of rotatable bonds is 0. The van der Waals surface area contributed by atoms with Crippen molar-refractivity contribution in [3.8, 4) is 0 Å². The van der Waals surface area contributed by atoms with Gasteiger partial charge in [0, 0.05) is 0 Å². The predicted octanol–water partition coefficient (Wildman–Crippen LogP) is 2.71. The molecule has 0 aromatic heterocycles. The van der Waals surface area contributed by atoms with Gasteiger partial charge in [0.1, 0.15) is 0 Å². The van der Waals surface area contributed by atoms with Crippen LogP contribution in [0, 0.1) is 5.41 Å². The molecule has 1 saturated heterocycles. The van der Waals surface area contributed by atoms with Gasteiger partial charge in [-0.25, -0.2) is 0 Å². The normalized spacial score (nSPS) is 30.0. The van der Waals surface area contributed by atoms with Crippen LogP contribution in [0.3, 0.4) is 0 Å². The molecule has 12 heavy (non-hydrogen) atoms. The Morgan fingerprint density at radius 3 is 1.83 bits per heavy atom. The van der Waals surface area contributed by atoms with Gasteiger partial charge < -0.3 is 5.32 Å². The smallest absolute Gasteiger partial charge is 0.00436 e. The molecule has 0 amide bonds. The van der Waals surface area contributed by atoms with Crippen molar-refractivity contribution < 1.29 is 0 Å². The Bertz CT molecular complexity index is 126. The Hall–Kier alpha value is -0.0400. The molecular formula is C11H21N. The topological polar surface area (TPSA) is 12.0 Å². The van der Waals surface area contributed by atoms with E-state index >= 15 is 0 Å². The molecule has 2 rings (SSSR count). The first kappa shape index (κ1) is 8.55. The fourth-order valence-electron chi connectivity index (χ4n) is 2.94. The van der Waals surface area contributed by atoms with Crippen LogP contribution in [0.1, 0.15) is 51.4 Å². The summed E-state index contributed by atoms with van der Waals surface area (Å²) in [6, 6.07) is 0. The second-order valence-corrected chi connectivity index (χ2v) is 4.66. The minimum Gasteiger partial charge on any atom is -0.317 e. The molecule has 0 atom stereocenters. The third-order valence-corrected chi connectivity index (χ3v) is 3.83. The van der Waals surface area contributed by atoms with Gasteiger partial charge in [0.05, 0.1) is 0 Å². The second kappa shape index (κ2) is 3.78. The zero-order chi connectivity index (χ0) is 8.28. The van der Waals surface area contributed by atoms with Crippen LogP contribution >= 0.6 is 0 Å². The van der Waals surface area contributed by atoms with E-state index in [2.05, 4.69) is 5.32 Å². The number of nitrogens with one attached hydrogen (secondary N) is 1. The SMILES string of the molecule is C1CCCC2(CC1)CCNCC2. The molecule has 2 fully saturated rings. The zero-order valence-electron chi connectivity index (χ0n) is 8.07. The average Bonchev–Trinajstić information content (AvgIpc) is 2.33. The number of hydrogen-bond acceptors (Lipinski definition) is 1. The fraction of sp³-hybridized carbons (Fsp3) is 1.00. The van der Waals surface area contributed by atoms with Gasteiger partial charge >= 0.3 is 0 Å². The molecule has 0 unspecified atom stereocenters. The monoisotopic (exact) mass is 167 g/mol. The Labute approximate surface area is 75.9 Å². The van der Waals surface area contributed by atoms with Crippen molar-refractivity contribution in [1.82, 2.24) is 5.32 Å². The van der Waals surface area contributed by atoms with E-state index in [0.717, 1.165) is 5.41 Å². The van der Waals surface area contributed by atoms with Crippen LogP contribution in [0.2, 0.25) is 0 Å². The van der Waals surface area contributed by atoms with Crippen molar-refractivity contribution in [3.05, 3.63) is 0 Å². The molecule has 1 saturated carbocycles. The van der Waals surface area contributed by atoms with E-state index in [0.29, 0.717) is 0 Å². The molecular weight excluding hydrogens is 146 g/mol. The van der Waals surface area contributed by atoms with Crippen molar-refractivity contribution in [3.63, 3.8) is 0 Å². The molecule has 1 N–H and O–H groups in total. The molecule has 0 aromatic rings. The number of piperidine rings is 1. The highest BCUT2D eigenvalue weighted by Gasteiger charge is 2.31. The third-order valence-electron chi connectivity index (χ3n) is 3.83. The first-order valence-electron chi connectivity index (χ1n) is 5.62. The second-order valence-electron chi connectivity index (χ2n) is 4.66. The molecule has 70 valence electrons. The van der Waals surface area contributed by atoms with Crippen LogP contribution in [0.25, 0.3) is 0 Å². The van der Waals surface area contributed by atoms with E-state index in [1.807, 2.05) is 0 Å². The van der Waals surface area contributed by atoms with Crippen molar-refractivity contribution in [2.45, 2.75) is 51.4 Å². The van der Waals surface area contributed by atoms with Gasteiger partial charge in [-0.1, -0.05) is 25.7 Å². The Morgan fingerprint density at radius 1 is 0.667 bits per heavy atom. The summed E-state index contributed by atoms with van der Waals surface area (Å²) in [6.07, 6.45) is 11.9. The maximum Gasteiger partial charge on any atom is -0.00436 e. The summed E-state index contributed by atoms with van der Waals surface area (Å²) in [5.74, 6) is 0. The molecule has 1 nitrogen and oxygen atoms in total. The Morgan fingerprint density at radius 2 is 1.25 bits per heavy atom. The maximum atomic E-state index is 3.48. The Kier molecular flexibility index (Phi) is 2.69. The highest BCUT2D eigenvalue weighted by Crippen LogP contribution is 2.41. The summed E-state index contributed by atoms with van der Waals surface area (Å²) >= 11 is 0. The third kappa shape index (κ3) is 1.82. The van der Waals surface area contributed by atoms with Gasteiger partial charge in [-0.15, -0.1) is 0 Å². The predicted molar refractivity (Wildman–Crippen MR) is 52.2 cm³/mol. The maximum absolute atomic E-state index is 3.48. The van der Waals surface area contributed by atoms with Gasteiger partial charge in [-0.3, -0.25) is 0 Å². The van der Waals surface area contributed by atoms with Crippen molar-refractivity contribution in [2.75, 3.05) is 13.1 Å². The highest BCUT2D eigenvalue weighted by atomic mass is 14.9. The summed E-state index contributed by atoms with van der Waals surface area (Å²) in [5.41, 5.74) is 0.780. The lowest BCUT2D eigenvalue weighted by molar-refractivity contribution is 0.172. The minimum absolute atomic E-state index is 0.780. The van der Waals surface area contributed by atoms with Gasteiger partial charge in [0.15, 0.2) is 0 Å². The van der Waals surface area contributed by atoms with E-state index in [1.165, 1.54) is 64.5 Å². The van der Waals surface area contributed by atoms with Gasteiger partial charge in [-0.2, -0.15) is 0 Å². The summed E-state index contributed by atoms with van der Waals surface area (Å²) in [4.78, 5) is 0. The lowest BCUT2D eigenvalue weighted by atomic mass is 9.73. The molecule has 1 aliphatic heterocycles. The van der Waals surface area contributed by atoms with E-state index in [-0.39, 0.29) is 0 Å². The van der Waals surface area contributed by atoms with Crippen LogP contribution in [0.15, 0.2) is 0 Å². The van der Waals surface area contributed by atoms with Gasteiger partial charge in [0.25, 0.3) is 0 Å². The summed E-state index contributed by atoms with van der Waals surface area (Å²) in [6.45, 7) is 2.56. The molecule has 0 bridgehead atoms. The van der Waals surface area contributed by atoms with Crippen LogP contribution in [0.5, 0.6) is 0 Å².